The predicted molar refractivity (Wildman–Crippen MR) is 37.0 cm³/mol. The van der Waals surface area contributed by atoms with Gasteiger partial charge in [-0.3, -0.25) is 4.89 Å². The van der Waals surface area contributed by atoms with Crippen LogP contribution in [0.2, 0.25) is 0 Å². The first kappa shape index (κ1) is 10.6. The van der Waals surface area contributed by atoms with Crippen LogP contribution in [0.4, 0.5) is 0 Å². The van der Waals surface area contributed by atoms with Gasteiger partial charge in [0.15, 0.2) is 0 Å². The fourth-order valence-electron chi connectivity index (χ4n) is 0.395. The third-order valence-electron chi connectivity index (χ3n) is 1.17. The lowest BCUT2D eigenvalue weighted by molar-refractivity contribution is -0.839. The Bertz CT molecular complexity index is 181. The molecule has 0 spiro atoms. The van der Waals surface area contributed by atoms with Crippen molar-refractivity contribution in [3.05, 3.63) is 10.1 Å². The van der Waals surface area contributed by atoms with Gasteiger partial charge < -0.3 is 5.73 Å². The zero-order chi connectivity index (χ0) is 9.72. The van der Waals surface area contributed by atoms with Crippen LogP contribution in [-0.4, -0.2) is 17.1 Å². The van der Waals surface area contributed by atoms with Crippen LogP contribution in [0, 0.1) is 16.0 Å². The Morgan fingerprint density at radius 2 is 2.08 bits per heavy atom. The highest BCUT2D eigenvalue weighted by atomic mass is 17.3. The summed E-state index contributed by atoms with van der Waals surface area (Å²) in [6.45, 7) is 3.36. The quantitative estimate of drug-likeness (QED) is 0.358. The maximum atomic E-state index is 10.7. The normalized spacial score (nSPS) is 12.3. The average Bonchev–Trinajstić information content (AvgIpc) is 1.98. The molecule has 0 aromatic carbocycles. The second-order valence-electron chi connectivity index (χ2n) is 2.47. The molecule has 7 heteroatoms. The molecule has 0 fully saturated rings. The Kier molecular flexibility index (Phi) is 3.98. The van der Waals surface area contributed by atoms with Gasteiger partial charge in [-0.1, -0.05) is 18.8 Å². The van der Waals surface area contributed by atoms with Crippen molar-refractivity contribution in [3.63, 3.8) is 0 Å². The average molecular weight is 178 g/mol. The van der Waals surface area contributed by atoms with Gasteiger partial charge in [0.25, 0.3) is 0 Å². The van der Waals surface area contributed by atoms with Crippen molar-refractivity contribution in [1.82, 2.24) is 0 Å². The Hall–Kier alpha value is -1.37. The molecule has 0 bridgehead atoms. The van der Waals surface area contributed by atoms with Crippen LogP contribution in [0.25, 0.3) is 0 Å². The van der Waals surface area contributed by atoms with E-state index in [1.54, 1.807) is 13.8 Å². The molecule has 7 nitrogen and oxygen atoms in total. The van der Waals surface area contributed by atoms with E-state index in [1.165, 1.54) is 0 Å². The first-order valence-corrected chi connectivity index (χ1v) is 3.23. The number of nitrogens with two attached hydrogens (primary N) is 1. The highest BCUT2D eigenvalue weighted by Crippen LogP contribution is 2.00. The molecule has 0 amide bonds. The summed E-state index contributed by atoms with van der Waals surface area (Å²) in [5, 5.41) is 8.33. The van der Waals surface area contributed by atoms with Crippen LogP contribution in [0.1, 0.15) is 13.8 Å². The van der Waals surface area contributed by atoms with E-state index in [1.807, 2.05) is 0 Å². The molecule has 0 saturated heterocycles. The topological polar surface area (TPSA) is 105 Å². The van der Waals surface area contributed by atoms with Gasteiger partial charge in [-0.05, 0) is 5.92 Å². The number of rotatable bonds is 4. The van der Waals surface area contributed by atoms with E-state index in [0.717, 1.165) is 0 Å². The summed E-state index contributed by atoms with van der Waals surface area (Å²) in [4.78, 5) is 27.4. The predicted octanol–water partition coefficient (Wildman–Crippen LogP) is -0.364. The molecule has 0 aliphatic heterocycles. The van der Waals surface area contributed by atoms with Crippen LogP contribution in [0.15, 0.2) is 0 Å². The molecule has 0 saturated carbocycles. The molecule has 1 unspecified atom stereocenters. The number of carbonyl (C=O) groups excluding carboxylic acids is 1. The van der Waals surface area contributed by atoms with Gasteiger partial charge in [0.05, 0.1) is 0 Å². The summed E-state index contributed by atoms with van der Waals surface area (Å²) in [5.41, 5.74) is 5.27. The molecule has 0 heterocycles. The second-order valence-corrected chi connectivity index (χ2v) is 2.47. The SMILES string of the molecule is CC(C)C(N)C(=O)OO[N+](=O)[O-]. The smallest absolute Gasteiger partial charge is 0.318 e. The number of hydrogen-bond acceptors (Lipinski definition) is 6. The van der Waals surface area contributed by atoms with Gasteiger partial charge in [-0.2, -0.15) is 0 Å². The van der Waals surface area contributed by atoms with E-state index in [-0.39, 0.29) is 5.92 Å². The summed E-state index contributed by atoms with van der Waals surface area (Å²) < 4.78 is 0. The second kappa shape index (κ2) is 4.50. The van der Waals surface area contributed by atoms with Gasteiger partial charge in [-0.25, -0.2) is 4.79 Å². The summed E-state index contributed by atoms with van der Waals surface area (Å²) in [6.07, 6.45) is 0. The molecule has 1 atom stereocenters. The summed E-state index contributed by atoms with van der Waals surface area (Å²) in [6, 6.07) is -0.912. The largest absolute Gasteiger partial charge is 0.359 e. The Morgan fingerprint density at radius 3 is 2.42 bits per heavy atom. The van der Waals surface area contributed by atoms with Crippen molar-refractivity contribution in [2.75, 3.05) is 0 Å². The molecular weight excluding hydrogens is 168 g/mol. The minimum absolute atomic E-state index is 0.159. The van der Waals surface area contributed by atoms with Gasteiger partial charge in [0.2, 0.25) is 0 Å². The standard InChI is InChI=1S/C5H10N2O5/c1-3(2)4(6)5(8)11-12-7(9)10/h3-4H,6H2,1-2H3. The molecule has 0 radical (unpaired) electrons. The number of nitrogens with zero attached hydrogens (tertiary/aromatic N) is 1. The van der Waals surface area contributed by atoms with Crippen molar-refractivity contribution >= 4 is 5.97 Å². The lowest BCUT2D eigenvalue weighted by atomic mass is 10.1. The minimum atomic E-state index is -1.23. The number of carbonyl (C=O) groups is 1. The van der Waals surface area contributed by atoms with Crippen LogP contribution >= 0.6 is 0 Å². The zero-order valence-electron chi connectivity index (χ0n) is 6.72. The van der Waals surface area contributed by atoms with E-state index in [4.69, 9.17) is 5.73 Å². The van der Waals surface area contributed by atoms with Crippen molar-refractivity contribution in [2.45, 2.75) is 19.9 Å². The molecule has 0 rings (SSSR count). The lowest BCUT2D eigenvalue weighted by Crippen LogP contribution is -2.37. The summed E-state index contributed by atoms with van der Waals surface area (Å²) in [5.74, 6) is -1.12. The van der Waals surface area contributed by atoms with Crippen LogP contribution < -0.4 is 5.73 Å². The summed E-state index contributed by atoms with van der Waals surface area (Å²) in [7, 11) is 0. The zero-order valence-corrected chi connectivity index (χ0v) is 6.72. The van der Waals surface area contributed by atoms with Crippen molar-refractivity contribution in [1.29, 1.82) is 0 Å². The van der Waals surface area contributed by atoms with E-state index >= 15 is 0 Å². The minimum Gasteiger partial charge on any atom is -0.318 e. The maximum Gasteiger partial charge on any atom is 0.359 e. The first-order valence-electron chi connectivity index (χ1n) is 3.23. The van der Waals surface area contributed by atoms with Crippen molar-refractivity contribution in [2.24, 2.45) is 11.7 Å². The van der Waals surface area contributed by atoms with Crippen LogP contribution in [0.5, 0.6) is 0 Å². The fraction of sp³-hybridized carbons (Fsp3) is 0.800. The van der Waals surface area contributed by atoms with E-state index in [2.05, 4.69) is 9.88 Å². The molecule has 12 heavy (non-hydrogen) atoms. The maximum absolute atomic E-state index is 10.7. The Balaban J connectivity index is 3.80. The van der Waals surface area contributed by atoms with E-state index < -0.39 is 17.1 Å². The Morgan fingerprint density at radius 1 is 1.58 bits per heavy atom. The number of hydrogen-bond donors (Lipinski definition) is 1. The third kappa shape index (κ3) is 3.71. The molecule has 0 aromatic rings. The van der Waals surface area contributed by atoms with E-state index in [0.29, 0.717) is 0 Å². The third-order valence-corrected chi connectivity index (χ3v) is 1.17. The molecular formula is C5H10N2O5. The Labute approximate surface area is 68.5 Å². The molecule has 70 valence electrons. The lowest BCUT2D eigenvalue weighted by Gasteiger charge is -2.11. The molecule has 0 aliphatic carbocycles. The van der Waals surface area contributed by atoms with E-state index in [9.17, 15) is 14.9 Å². The fourth-order valence-corrected chi connectivity index (χ4v) is 0.395. The molecule has 0 aromatic heterocycles. The van der Waals surface area contributed by atoms with Crippen molar-refractivity contribution < 1.29 is 19.8 Å². The van der Waals surface area contributed by atoms with Gasteiger partial charge in [0.1, 0.15) is 6.04 Å². The molecule has 2 N–H and O–H groups in total. The molecule has 0 aliphatic rings. The van der Waals surface area contributed by atoms with Crippen LogP contribution in [-0.2, 0) is 14.7 Å². The highest BCUT2D eigenvalue weighted by Gasteiger charge is 2.20. The van der Waals surface area contributed by atoms with Crippen LogP contribution in [0.3, 0.4) is 0 Å². The first-order chi connectivity index (χ1) is 5.45. The highest BCUT2D eigenvalue weighted by molar-refractivity contribution is 5.75. The van der Waals surface area contributed by atoms with Gasteiger partial charge in [0, 0.05) is 0 Å². The van der Waals surface area contributed by atoms with Crippen molar-refractivity contribution in [3.8, 4) is 0 Å². The summed E-state index contributed by atoms with van der Waals surface area (Å²) >= 11 is 0. The van der Waals surface area contributed by atoms with Gasteiger partial charge >= 0.3 is 11.1 Å². The van der Waals surface area contributed by atoms with Gasteiger partial charge in [-0.15, -0.1) is 10.1 Å². The monoisotopic (exact) mass is 178 g/mol.